The third kappa shape index (κ3) is 8.16. The summed E-state index contributed by atoms with van der Waals surface area (Å²) in [6.07, 6.45) is 1.16. The maximum absolute atomic E-state index is 13.1. The fraction of sp³-hybridized carbons (Fsp3) is 0.545. The van der Waals surface area contributed by atoms with Gasteiger partial charge in [0, 0.05) is 12.1 Å². The third-order valence-electron chi connectivity index (χ3n) is 4.72. The van der Waals surface area contributed by atoms with E-state index in [0.29, 0.717) is 24.3 Å². The molecule has 1 aromatic rings. The molecule has 0 fully saturated rings. The Bertz CT molecular complexity index is 817. The van der Waals surface area contributed by atoms with Crippen molar-refractivity contribution in [1.82, 2.24) is 21.4 Å². The second kappa shape index (κ2) is 11.4. The zero-order valence-electron chi connectivity index (χ0n) is 19.7. The predicted molar refractivity (Wildman–Crippen MR) is 123 cm³/mol. The summed E-state index contributed by atoms with van der Waals surface area (Å²) in [6.45, 7) is 13.5. The molecule has 1 radical (unpaired) electrons. The zero-order chi connectivity index (χ0) is 24.5. The number of hydrogen-bond donors (Lipinski definition) is 5. The molecule has 0 aliphatic carbocycles. The maximum atomic E-state index is 13.1. The number of nitrogens with one attached hydrogen (secondary N) is 5. The zero-order valence-corrected chi connectivity index (χ0v) is 19.7. The normalized spacial score (nSPS) is 13.1. The Morgan fingerprint density at radius 1 is 1.16 bits per heavy atom. The Kier molecular flexibility index (Phi) is 9.61. The van der Waals surface area contributed by atoms with E-state index in [1.54, 1.807) is 31.0 Å². The number of carbonyl (C=O) groups is 2. The summed E-state index contributed by atoms with van der Waals surface area (Å²) in [4.78, 5) is 36.9. The van der Waals surface area contributed by atoms with Crippen LogP contribution in [-0.2, 0) is 10.2 Å². The number of nitro groups is 1. The van der Waals surface area contributed by atoms with Gasteiger partial charge in [0.15, 0.2) is 10.7 Å². The first-order valence-corrected chi connectivity index (χ1v) is 10.6. The number of hydrogen-bond acceptors (Lipinski definition) is 5. The lowest BCUT2D eigenvalue weighted by molar-refractivity contribution is -0.526. The highest BCUT2D eigenvalue weighted by Gasteiger charge is 2.41. The highest BCUT2D eigenvalue weighted by atomic mass is 16.7. The van der Waals surface area contributed by atoms with Gasteiger partial charge in [-0.2, -0.15) is 0 Å². The fourth-order valence-corrected chi connectivity index (χ4v) is 2.99. The molecule has 1 rings (SSSR count). The van der Waals surface area contributed by atoms with E-state index in [9.17, 15) is 19.7 Å². The van der Waals surface area contributed by atoms with E-state index in [-0.39, 0.29) is 11.8 Å². The number of benzene rings is 1. The van der Waals surface area contributed by atoms with Crippen LogP contribution in [0.4, 0.5) is 0 Å². The molecular formula is C22H35N6O4. The van der Waals surface area contributed by atoms with Crippen LogP contribution in [0.25, 0.3) is 0 Å². The molecule has 0 aliphatic rings. The molecule has 0 aliphatic heterocycles. The van der Waals surface area contributed by atoms with Crippen molar-refractivity contribution in [2.75, 3.05) is 0 Å². The van der Waals surface area contributed by atoms with E-state index in [0.717, 1.165) is 5.56 Å². The maximum Gasteiger partial charge on any atom is 0.266 e. The standard InChI is InChI=1S/C22H35N6O4/c1-7-13-22(26-20(23)27-28(31)32,19(30)24-14-12-15(2)3)25-18(29)16-8-10-17(11-9-16)21(4,5)6/h8-11,14-15H,7,12-13H2,1-6H3,(H,24,30)(H,25,29)(H3,23,26,27)/t22-/m1/s1. The van der Waals surface area contributed by atoms with Crippen molar-refractivity contribution >= 4 is 17.8 Å². The van der Waals surface area contributed by atoms with Crippen molar-refractivity contribution in [2.45, 2.75) is 71.9 Å². The lowest BCUT2D eigenvalue weighted by Gasteiger charge is -2.34. The van der Waals surface area contributed by atoms with Crippen LogP contribution in [0.5, 0.6) is 0 Å². The van der Waals surface area contributed by atoms with Crippen LogP contribution in [0.2, 0.25) is 0 Å². The van der Waals surface area contributed by atoms with Crippen molar-refractivity contribution in [2.24, 2.45) is 5.92 Å². The van der Waals surface area contributed by atoms with E-state index in [4.69, 9.17) is 5.41 Å². The van der Waals surface area contributed by atoms with Crippen LogP contribution >= 0.6 is 0 Å². The Hall–Kier alpha value is -3.17. The van der Waals surface area contributed by atoms with Crippen LogP contribution in [0.1, 0.15) is 76.7 Å². The summed E-state index contributed by atoms with van der Waals surface area (Å²) in [7, 11) is 0. The molecule has 0 saturated heterocycles. The summed E-state index contributed by atoms with van der Waals surface area (Å²) in [5.74, 6) is -1.58. The van der Waals surface area contributed by atoms with Crippen LogP contribution in [0.3, 0.4) is 0 Å². The van der Waals surface area contributed by atoms with E-state index < -0.39 is 28.5 Å². The topological polar surface area (TPSA) is 149 Å². The number of hydrazine groups is 1. The second-order valence-corrected chi connectivity index (χ2v) is 9.11. The van der Waals surface area contributed by atoms with Crippen molar-refractivity contribution in [3.8, 4) is 0 Å². The predicted octanol–water partition coefficient (Wildman–Crippen LogP) is 2.84. The molecule has 32 heavy (non-hydrogen) atoms. The summed E-state index contributed by atoms with van der Waals surface area (Å²) in [5.41, 5.74) is 1.20. The molecule has 0 heterocycles. The molecule has 0 saturated carbocycles. The van der Waals surface area contributed by atoms with Gasteiger partial charge in [-0.15, -0.1) is 0 Å². The first-order valence-electron chi connectivity index (χ1n) is 10.6. The fourth-order valence-electron chi connectivity index (χ4n) is 2.99. The second-order valence-electron chi connectivity index (χ2n) is 9.11. The summed E-state index contributed by atoms with van der Waals surface area (Å²) >= 11 is 0. The highest BCUT2D eigenvalue weighted by Crippen LogP contribution is 2.22. The lowest BCUT2D eigenvalue weighted by Crippen LogP contribution is -2.69. The van der Waals surface area contributed by atoms with Gasteiger partial charge in [-0.1, -0.05) is 65.5 Å². The van der Waals surface area contributed by atoms with Crippen molar-refractivity contribution in [1.29, 1.82) is 5.41 Å². The van der Waals surface area contributed by atoms with Gasteiger partial charge in [0.25, 0.3) is 17.8 Å². The number of rotatable bonds is 10. The monoisotopic (exact) mass is 447 g/mol. The molecule has 10 heteroatoms. The van der Waals surface area contributed by atoms with E-state index >= 15 is 0 Å². The molecule has 10 nitrogen and oxygen atoms in total. The molecule has 5 N–H and O–H groups in total. The average Bonchev–Trinajstić information content (AvgIpc) is 2.66. The Labute approximate surface area is 189 Å². The first kappa shape index (κ1) is 26.9. The molecule has 0 bridgehead atoms. The van der Waals surface area contributed by atoms with Crippen LogP contribution < -0.4 is 21.4 Å². The number of guanidine groups is 1. The molecular weight excluding hydrogens is 412 g/mol. The number of nitrogens with zero attached hydrogens (tertiary/aromatic N) is 1. The van der Waals surface area contributed by atoms with Crippen LogP contribution in [-0.4, -0.2) is 28.5 Å². The Balaban J connectivity index is 3.20. The lowest BCUT2D eigenvalue weighted by atomic mass is 9.86. The minimum atomic E-state index is -1.76. The molecule has 0 spiro atoms. The third-order valence-corrected chi connectivity index (χ3v) is 4.72. The van der Waals surface area contributed by atoms with Gasteiger partial charge in [0.2, 0.25) is 0 Å². The van der Waals surface area contributed by atoms with Gasteiger partial charge in [-0.05, 0) is 41.9 Å². The van der Waals surface area contributed by atoms with E-state index in [2.05, 4.69) is 36.7 Å². The summed E-state index contributed by atoms with van der Waals surface area (Å²) < 4.78 is 0. The molecule has 0 unspecified atom stereocenters. The van der Waals surface area contributed by atoms with Crippen molar-refractivity contribution in [3.63, 3.8) is 0 Å². The van der Waals surface area contributed by atoms with Crippen molar-refractivity contribution in [3.05, 3.63) is 52.1 Å². The molecule has 1 atom stereocenters. The van der Waals surface area contributed by atoms with E-state index in [1.165, 1.54) is 0 Å². The average molecular weight is 448 g/mol. The summed E-state index contributed by atoms with van der Waals surface area (Å²) in [5, 5.41) is 25.5. The summed E-state index contributed by atoms with van der Waals surface area (Å²) in [6, 6.07) is 7.01. The Morgan fingerprint density at radius 3 is 2.22 bits per heavy atom. The highest BCUT2D eigenvalue weighted by molar-refractivity contribution is 6.00. The Morgan fingerprint density at radius 2 is 1.75 bits per heavy atom. The van der Waals surface area contributed by atoms with Gasteiger partial charge in [0.1, 0.15) is 0 Å². The molecule has 2 amide bonds. The van der Waals surface area contributed by atoms with Crippen molar-refractivity contribution < 1.29 is 14.6 Å². The van der Waals surface area contributed by atoms with Gasteiger partial charge in [0.05, 0.1) is 0 Å². The minimum absolute atomic E-state index is 0.0854. The van der Waals surface area contributed by atoms with E-state index in [1.807, 2.05) is 26.0 Å². The SMILES string of the molecule is CCC[C@](NC(=N)N[N+](=O)[O-])(NC(=O)c1ccc(C(C)(C)C)cc1)C(=O)N[CH]CC(C)C. The van der Waals surface area contributed by atoms with Gasteiger partial charge < -0.3 is 16.0 Å². The number of amides is 2. The largest absolute Gasteiger partial charge is 0.348 e. The first-order chi connectivity index (χ1) is 14.8. The minimum Gasteiger partial charge on any atom is -0.348 e. The van der Waals surface area contributed by atoms with Crippen LogP contribution in [0, 0.1) is 28.0 Å². The quantitative estimate of drug-likeness (QED) is 0.122. The number of carbonyl (C=O) groups excluding carboxylic acids is 2. The van der Waals surface area contributed by atoms with Gasteiger partial charge in [-0.3, -0.25) is 15.0 Å². The molecule has 0 aromatic heterocycles. The van der Waals surface area contributed by atoms with Crippen LogP contribution in [0.15, 0.2) is 24.3 Å². The smallest absolute Gasteiger partial charge is 0.266 e. The van der Waals surface area contributed by atoms with Gasteiger partial charge in [-0.25, -0.2) is 10.1 Å². The van der Waals surface area contributed by atoms with Gasteiger partial charge >= 0.3 is 0 Å². The molecule has 177 valence electrons. The molecule has 1 aromatic carbocycles.